The number of amides is 1. The average Bonchev–Trinajstić information content (AvgIpc) is 3.29. The summed E-state index contributed by atoms with van der Waals surface area (Å²) in [5, 5.41) is 0.615. The quantitative estimate of drug-likeness (QED) is 0.808. The molecule has 0 spiro atoms. The van der Waals surface area contributed by atoms with E-state index in [2.05, 4.69) is 4.99 Å². The van der Waals surface area contributed by atoms with Crippen molar-refractivity contribution < 1.29 is 14.3 Å². The van der Waals surface area contributed by atoms with Gasteiger partial charge in [-0.1, -0.05) is 22.9 Å². The molecule has 1 aliphatic rings. The SMILES string of the molecule is COC(=O)Cn1c(=NC(=O)C2CC2)sc2ccc(Cl)c(C)c21. The number of esters is 1. The number of rotatable bonds is 3. The van der Waals surface area contributed by atoms with E-state index in [9.17, 15) is 9.59 Å². The first kappa shape index (κ1) is 15.2. The van der Waals surface area contributed by atoms with Crippen molar-refractivity contribution >= 4 is 45.0 Å². The molecule has 0 aliphatic heterocycles. The Morgan fingerprint density at radius 3 is 2.82 bits per heavy atom. The molecule has 0 unspecified atom stereocenters. The van der Waals surface area contributed by atoms with Gasteiger partial charge in [-0.25, -0.2) is 0 Å². The molecule has 116 valence electrons. The van der Waals surface area contributed by atoms with Gasteiger partial charge in [-0.2, -0.15) is 4.99 Å². The second-order valence-corrected chi connectivity index (χ2v) is 6.71. The highest BCUT2D eigenvalue weighted by Gasteiger charge is 2.29. The van der Waals surface area contributed by atoms with Crippen LogP contribution in [0.4, 0.5) is 0 Å². The summed E-state index contributed by atoms with van der Waals surface area (Å²) >= 11 is 7.56. The zero-order chi connectivity index (χ0) is 15.9. The third-order valence-electron chi connectivity index (χ3n) is 3.68. The first-order chi connectivity index (χ1) is 10.5. The molecule has 22 heavy (non-hydrogen) atoms. The lowest BCUT2D eigenvalue weighted by molar-refractivity contribution is -0.141. The summed E-state index contributed by atoms with van der Waals surface area (Å²) in [6.45, 7) is 1.89. The third-order valence-corrected chi connectivity index (χ3v) is 5.13. The Balaban J connectivity index is 2.21. The van der Waals surface area contributed by atoms with Crippen LogP contribution in [-0.4, -0.2) is 23.6 Å². The van der Waals surface area contributed by atoms with Gasteiger partial charge in [0, 0.05) is 10.9 Å². The van der Waals surface area contributed by atoms with Gasteiger partial charge in [0.15, 0.2) is 4.80 Å². The molecule has 1 aromatic heterocycles. The first-order valence-electron chi connectivity index (χ1n) is 6.95. The molecular weight excluding hydrogens is 324 g/mol. The number of ether oxygens (including phenoxy) is 1. The predicted molar refractivity (Wildman–Crippen MR) is 84.9 cm³/mol. The summed E-state index contributed by atoms with van der Waals surface area (Å²) in [6.07, 6.45) is 1.80. The second-order valence-electron chi connectivity index (χ2n) is 5.29. The highest BCUT2D eigenvalue weighted by atomic mass is 35.5. The molecule has 3 rings (SSSR count). The fraction of sp³-hybridized carbons (Fsp3) is 0.400. The zero-order valence-electron chi connectivity index (χ0n) is 12.3. The normalized spacial score (nSPS) is 15.3. The molecule has 1 amide bonds. The van der Waals surface area contributed by atoms with Crippen LogP contribution in [-0.2, 0) is 20.9 Å². The number of nitrogens with zero attached hydrogens (tertiary/aromatic N) is 2. The molecule has 0 atom stereocenters. The Morgan fingerprint density at radius 2 is 2.18 bits per heavy atom. The number of thiazole rings is 1. The van der Waals surface area contributed by atoms with E-state index in [0.717, 1.165) is 28.6 Å². The van der Waals surface area contributed by atoms with Crippen LogP contribution in [0.1, 0.15) is 18.4 Å². The molecule has 7 heteroatoms. The number of hydrogen-bond donors (Lipinski definition) is 0. The molecule has 1 aliphatic carbocycles. The van der Waals surface area contributed by atoms with E-state index in [1.165, 1.54) is 18.4 Å². The van der Waals surface area contributed by atoms with Crippen molar-refractivity contribution in [3.63, 3.8) is 0 Å². The minimum atomic E-state index is -0.389. The smallest absolute Gasteiger partial charge is 0.325 e. The molecule has 0 radical (unpaired) electrons. The molecule has 0 saturated heterocycles. The summed E-state index contributed by atoms with van der Waals surface area (Å²) in [5.41, 5.74) is 1.69. The maximum absolute atomic E-state index is 12.0. The number of aryl methyl sites for hydroxylation is 1. The van der Waals surface area contributed by atoms with Crippen LogP contribution >= 0.6 is 22.9 Å². The maximum Gasteiger partial charge on any atom is 0.325 e. The van der Waals surface area contributed by atoms with Crippen LogP contribution in [0, 0.1) is 12.8 Å². The summed E-state index contributed by atoms with van der Waals surface area (Å²) < 4.78 is 7.40. The Morgan fingerprint density at radius 1 is 1.45 bits per heavy atom. The monoisotopic (exact) mass is 338 g/mol. The number of hydrogen-bond acceptors (Lipinski definition) is 4. The summed E-state index contributed by atoms with van der Waals surface area (Å²) in [5.74, 6) is -0.463. The Kier molecular flexibility index (Phi) is 4.06. The van der Waals surface area contributed by atoms with E-state index < -0.39 is 0 Å². The van der Waals surface area contributed by atoms with Crippen LogP contribution in [0.5, 0.6) is 0 Å². The first-order valence-corrected chi connectivity index (χ1v) is 8.14. The fourth-order valence-electron chi connectivity index (χ4n) is 2.26. The molecule has 0 N–H and O–H groups in total. The van der Waals surface area contributed by atoms with Crippen molar-refractivity contribution in [2.75, 3.05) is 7.11 Å². The van der Waals surface area contributed by atoms with E-state index in [4.69, 9.17) is 16.3 Å². The van der Waals surface area contributed by atoms with Gasteiger partial charge in [0.05, 0.1) is 17.3 Å². The molecule has 5 nitrogen and oxygen atoms in total. The highest BCUT2D eigenvalue weighted by molar-refractivity contribution is 7.16. The van der Waals surface area contributed by atoms with Crippen molar-refractivity contribution in [2.45, 2.75) is 26.3 Å². The predicted octanol–water partition coefficient (Wildman–Crippen LogP) is 2.67. The van der Waals surface area contributed by atoms with Crippen molar-refractivity contribution in [3.05, 3.63) is 27.5 Å². The standard InChI is InChI=1S/C15H15ClN2O3S/c1-8-10(16)5-6-11-13(8)18(7-12(19)21-2)15(22-11)17-14(20)9-3-4-9/h5-6,9H,3-4,7H2,1-2H3. The van der Waals surface area contributed by atoms with Crippen molar-refractivity contribution in [1.82, 2.24) is 4.57 Å². The number of benzene rings is 1. The van der Waals surface area contributed by atoms with Crippen LogP contribution in [0.2, 0.25) is 5.02 Å². The van der Waals surface area contributed by atoms with Crippen LogP contribution in [0.3, 0.4) is 0 Å². The number of fused-ring (bicyclic) bond motifs is 1. The van der Waals surface area contributed by atoms with Gasteiger partial charge in [0.2, 0.25) is 0 Å². The third kappa shape index (κ3) is 2.80. The van der Waals surface area contributed by atoms with Crippen LogP contribution in [0.15, 0.2) is 17.1 Å². The van der Waals surface area contributed by atoms with Gasteiger partial charge in [-0.15, -0.1) is 0 Å². The van der Waals surface area contributed by atoms with Crippen LogP contribution in [0.25, 0.3) is 10.2 Å². The lowest BCUT2D eigenvalue weighted by Crippen LogP contribution is -2.23. The Bertz CT molecular complexity index is 833. The molecule has 1 aromatic carbocycles. The van der Waals surface area contributed by atoms with E-state index >= 15 is 0 Å². The summed E-state index contributed by atoms with van der Waals surface area (Å²) in [7, 11) is 1.34. The molecule has 1 saturated carbocycles. The summed E-state index contributed by atoms with van der Waals surface area (Å²) in [6, 6.07) is 3.69. The van der Waals surface area contributed by atoms with Gasteiger partial charge in [0.25, 0.3) is 5.91 Å². The van der Waals surface area contributed by atoms with Gasteiger partial charge in [-0.05, 0) is 37.5 Å². The summed E-state index contributed by atoms with van der Waals surface area (Å²) in [4.78, 5) is 28.4. The molecule has 1 heterocycles. The molecular formula is C15H15ClN2O3S. The van der Waals surface area contributed by atoms with E-state index in [0.29, 0.717) is 9.82 Å². The van der Waals surface area contributed by atoms with Crippen molar-refractivity contribution in [3.8, 4) is 0 Å². The molecule has 0 bridgehead atoms. The molecule has 1 fully saturated rings. The number of carbonyl (C=O) groups excluding carboxylic acids is 2. The topological polar surface area (TPSA) is 60.7 Å². The lowest BCUT2D eigenvalue weighted by atomic mass is 10.2. The van der Waals surface area contributed by atoms with Gasteiger partial charge >= 0.3 is 5.97 Å². The van der Waals surface area contributed by atoms with Crippen LogP contribution < -0.4 is 4.80 Å². The minimum absolute atomic E-state index is 0.00840. The van der Waals surface area contributed by atoms with Gasteiger partial charge in [0.1, 0.15) is 6.54 Å². The highest BCUT2D eigenvalue weighted by Crippen LogP contribution is 2.30. The Hall–Kier alpha value is -1.66. The second kappa shape index (κ2) is 5.85. The van der Waals surface area contributed by atoms with Gasteiger partial charge in [-0.3, -0.25) is 9.59 Å². The fourth-order valence-corrected chi connectivity index (χ4v) is 3.50. The van der Waals surface area contributed by atoms with E-state index in [-0.39, 0.29) is 24.3 Å². The number of carbonyl (C=O) groups is 2. The lowest BCUT2D eigenvalue weighted by Gasteiger charge is -2.06. The number of aromatic nitrogens is 1. The largest absolute Gasteiger partial charge is 0.468 e. The van der Waals surface area contributed by atoms with E-state index in [1.54, 1.807) is 4.57 Å². The number of methoxy groups -OCH3 is 1. The Labute approximate surface area is 136 Å². The van der Waals surface area contributed by atoms with Crippen molar-refractivity contribution in [2.24, 2.45) is 10.9 Å². The average molecular weight is 339 g/mol. The zero-order valence-corrected chi connectivity index (χ0v) is 13.8. The maximum atomic E-state index is 12.0. The minimum Gasteiger partial charge on any atom is -0.468 e. The molecule has 2 aromatic rings. The van der Waals surface area contributed by atoms with E-state index in [1.807, 2.05) is 19.1 Å². The van der Waals surface area contributed by atoms with Gasteiger partial charge < -0.3 is 9.30 Å². The van der Waals surface area contributed by atoms with Crippen molar-refractivity contribution in [1.29, 1.82) is 0 Å². The number of halogens is 1.